The van der Waals surface area contributed by atoms with Crippen molar-refractivity contribution < 1.29 is 9.32 Å². The highest BCUT2D eigenvalue weighted by Crippen LogP contribution is 2.33. The second kappa shape index (κ2) is 7.89. The van der Waals surface area contributed by atoms with Crippen LogP contribution in [0.25, 0.3) is 32.0 Å². The molecule has 0 spiro atoms. The summed E-state index contributed by atoms with van der Waals surface area (Å²) in [5.41, 5.74) is 1.77. The number of aromatic nitrogens is 4. The first-order valence-electron chi connectivity index (χ1n) is 9.30. The van der Waals surface area contributed by atoms with Gasteiger partial charge in [0.2, 0.25) is 17.6 Å². The number of carbonyl (C=O) groups is 1. The quantitative estimate of drug-likeness (QED) is 0.432. The van der Waals surface area contributed by atoms with Crippen molar-refractivity contribution in [2.24, 2.45) is 0 Å². The van der Waals surface area contributed by atoms with Gasteiger partial charge in [-0.15, -0.1) is 22.7 Å². The van der Waals surface area contributed by atoms with E-state index >= 15 is 0 Å². The molecule has 1 aromatic carbocycles. The third kappa shape index (κ3) is 3.66. The van der Waals surface area contributed by atoms with Crippen molar-refractivity contribution in [3.8, 4) is 21.8 Å². The molecule has 5 aromatic rings. The van der Waals surface area contributed by atoms with Gasteiger partial charge in [-0.1, -0.05) is 23.4 Å². The minimum absolute atomic E-state index is 0.166. The van der Waals surface area contributed by atoms with Crippen molar-refractivity contribution >= 4 is 44.5 Å². The Kier molecular flexibility index (Phi) is 4.92. The first-order valence-corrected chi connectivity index (χ1v) is 11.1. The Balaban J connectivity index is 1.44. The maximum Gasteiger partial charge on any atom is 0.263 e. The van der Waals surface area contributed by atoms with Crippen LogP contribution in [0.5, 0.6) is 0 Å². The molecule has 154 valence electrons. The Bertz CT molecular complexity index is 1450. The number of anilines is 1. The Morgan fingerprint density at radius 2 is 2.03 bits per heavy atom. The molecule has 4 heterocycles. The summed E-state index contributed by atoms with van der Waals surface area (Å²) in [6.45, 7) is 1.53. The van der Waals surface area contributed by atoms with Gasteiger partial charge < -0.3 is 9.84 Å². The minimum Gasteiger partial charge on any atom is -0.339 e. The van der Waals surface area contributed by atoms with Crippen molar-refractivity contribution in [1.82, 2.24) is 19.7 Å². The molecule has 1 N–H and O–H groups in total. The molecule has 0 unspecified atom stereocenters. The molecule has 31 heavy (non-hydrogen) atoms. The molecular formula is C21H15N5O3S2. The van der Waals surface area contributed by atoms with Crippen molar-refractivity contribution in [2.45, 2.75) is 13.5 Å². The van der Waals surface area contributed by atoms with Crippen LogP contribution in [0.4, 0.5) is 5.69 Å². The first-order chi connectivity index (χ1) is 15.1. The van der Waals surface area contributed by atoms with Crippen LogP contribution in [-0.4, -0.2) is 25.6 Å². The lowest BCUT2D eigenvalue weighted by molar-refractivity contribution is -0.116. The minimum atomic E-state index is -0.358. The van der Waals surface area contributed by atoms with Gasteiger partial charge in [0, 0.05) is 28.3 Å². The number of carbonyl (C=O) groups excluding carboxylic acids is 1. The van der Waals surface area contributed by atoms with Crippen LogP contribution in [-0.2, 0) is 11.3 Å². The number of nitrogens with zero attached hydrogens (tertiary/aromatic N) is 4. The monoisotopic (exact) mass is 449 g/mol. The Morgan fingerprint density at radius 1 is 1.16 bits per heavy atom. The number of rotatable bonds is 5. The Labute approximate surface area is 183 Å². The highest BCUT2D eigenvalue weighted by Gasteiger charge is 2.17. The zero-order chi connectivity index (χ0) is 21.4. The molecule has 0 bridgehead atoms. The summed E-state index contributed by atoms with van der Waals surface area (Å²) in [6, 6.07) is 11.1. The summed E-state index contributed by atoms with van der Waals surface area (Å²) >= 11 is 2.98. The molecule has 4 aromatic heterocycles. The first kappa shape index (κ1) is 19.3. The molecule has 10 heteroatoms. The van der Waals surface area contributed by atoms with E-state index in [0.29, 0.717) is 33.2 Å². The van der Waals surface area contributed by atoms with Crippen molar-refractivity contribution in [3.05, 3.63) is 69.7 Å². The standard InChI is InChI=1S/C21H15N5O3S2/c1-12-23-19(25-29-12)13-5-2-3-6-15(13)24-17(27)9-26-11-22-20-18(21(26)28)14(10-31-20)16-7-4-8-30-16/h2-8,10-11H,9H2,1H3,(H,24,27). The van der Waals surface area contributed by atoms with E-state index in [1.807, 2.05) is 29.0 Å². The zero-order valence-corrected chi connectivity index (χ0v) is 17.9. The molecule has 0 atom stereocenters. The largest absolute Gasteiger partial charge is 0.339 e. The molecule has 0 radical (unpaired) electrons. The zero-order valence-electron chi connectivity index (χ0n) is 16.2. The molecule has 0 aliphatic heterocycles. The van der Waals surface area contributed by atoms with Crippen molar-refractivity contribution in [3.63, 3.8) is 0 Å². The Morgan fingerprint density at radius 3 is 2.81 bits per heavy atom. The molecule has 0 aliphatic carbocycles. The van der Waals surface area contributed by atoms with Gasteiger partial charge in [0.15, 0.2) is 0 Å². The smallest absolute Gasteiger partial charge is 0.263 e. The number of fused-ring (bicyclic) bond motifs is 1. The molecule has 1 amide bonds. The molecule has 5 rings (SSSR count). The van der Waals surface area contributed by atoms with E-state index in [9.17, 15) is 9.59 Å². The van der Waals surface area contributed by atoms with Crippen LogP contribution in [0, 0.1) is 6.92 Å². The molecule has 0 saturated heterocycles. The van der Waals surface area contributed by atoms with E-state index in [1.54, 1.807) is 36.5 Å². The number of benzene rings is 1. The topological polar surface area (TPSA) is 103 Å². The van der Waals surface area contributed by atoms with Gasteiger partial charge in [-0.05, 0) is 23.6 Å². The average Bonchev–Trinajstić information content (AvgIpc) is 3.51. The molecule has 0 aliphatic rings. The summed E-state index contributed by atoms with van der Waals surface area (Å²) in [5, 5.41) is 11.2. The van der Waals surface area contributed by atoms with Crippen LogP contribution >= 0.6 is 22.7 Å². The van der Waals surface area contributed by atoms with Gasteiger partial charge in [-0.3, -0.25) is 14.2 Å². The number of hydrogen-bond acceptors (Lipinski definition) is 8. The normalized spacial score (nSPS) is 11.1. The van der Waals surface area contributed by atoms with Crippen LogP contribution in [0.15, 0.2) is 62.8 Å². The van der Waals surface area contributed by atoms with Crippen LogP contribution in [0.3, 0.4) is 0 Å². The predicted octanol–water partition coefficient (Wildman–Crippen LogP) is 4.18. The van der Waals surface area contributed by atoms with Gasteiger partial charge in [-0.25, -0.2) is 4.98 Å². The number of amides is 1. The fourth-order valence-electron chi connectivity index (χ4n) is 3.23. The predicted molar refractivity (Wildman–Crippen MR) is 120 cm³/mol. The fourth-order valence-corrected chi connectivity index (χ4v) is 4.95. The highest BCUT2D eigenvalue weighted by atomic mass is 32.1. The van der Waals surface area contributed by atoms with Gasteiger partial charge in [0.1, 0.15) is 11.4 Å². The number of hydrogen-bond donors (Lipinski definition) is 1. The lowest BCUT2D eigenvalue weighted by Crippen LogP contribution is -2.28. The summed E-state index contributed by atoms with van der Waals surface area (Å²) in [4.78, 5) is 36.1. The second-order valence-electron chi connectivity index (χ2n) is 6.72. The summed E-state index contributed by atoms with van der Waals surface area (Å²) in [6.07, 6.45) is 1.41. The Hall–Kier alpha value is -3.63. The van der Waals surface area contributed by atoms with Crippen LogP contribution in [0.2, 0.25) is 0 Å². The van der Waals surface area contributed by atoms with Gasteiger partial charge in [0.05, 0.1) is 17.4 Å². The van der Waals surface area contributed by atoms with Crippen LogP contribution < -0.4 is 10.9 Å². The second-order valence-corrected chi connectivity index (χ2v) is 8.52. The summed E-state index contributed by atoms with van der Waals surface area (Å²) < 4.78 is 6.36. The van der Waals surface area contributed by atoms with E-state index in [-0.39, 0.29) is 18.0 Å². The summed E-state index contributed by atoms with van der Waals surface area (Å²) in [5.74, 6) is 0.454. The van der Waals surface area contributed by atoms with E-state index in [1.165, 1.54) is 22.2 Å². The van der Waals surface area contributed by atoms with E-state index in [4.69, 9.17) is 4.52 Å². The van der Waals surface area contributed by atoms with Gasteiger partial charge >= 0.3 is 0 Å². The van der Waals surface area contributed by atoms with Gasteiger partial charge in [0.25, 0.3) is 5.56 Å². The molecule has 8 nitrogen and oxygen atoms in total. The molecule has 0 saturated carbocycles. The van der Waals surface area contributed by atoms with E-state index < -0.39 is 0 Å². The van der Waals surface area contributed by atoms with Crippen molar-refractivity contribution in [2.75, 3.05) is 5.32 Å². The fraction of sp³-hybridized carbons (Fsp3) is 0.0952. The number of nitrogens with one attached hydrogen (secondary N) is 1. The third-order valence-electron chi connectivity index (χ3n) is 4.63. The average molecular weight is 450 g/mol. The van der Waals surface area contributed by atoms with Crippen molar-refractivity contribution in [1.29, 1.82) is 0 Å². The van der Waals surface area contributed by atoms with E-state index in [2.05, 4.69) is 20.4 Å². The number of thiophene rings is 2. The SMILES string of the molecule is Cc1nc(-c2ccccc2NC(=O)Cn2cnc3scc(-c4cccs4)c3c2=O)no1. The third-order valence-corrected chi connectivity index (χ3v) is 6.42. The maximum absolute atomic E-state index is 13.1. The van der Waals surface area contributed by atoms with Crippen LogP contribution in [0.1, 0.15) is 5.89 Å². The van der Waals surface area contributed by atoms with Gasteiger partial charge in [-0.2, -0.15) is 4.98 Å². The van der Waals surface area contributed by atoms with E-state index in [0.717, 1.165) is 10.4 Å². The highest BCUT2D eigenvalue weighted by molar-refractivity contribution is 7.18. The lowest BCUT2D eigenvalue weighted by atomic mass is 10.1. The lowest BCUT2D eigenvalue weighted by Gasteiger charge is -2.10. The number of aryl methyl sites for hydroxylation is 1. The number of para-hydroxylation sites is 1. The molecular weight excluding hydrogens is 434 g/mol. The summed E-state index contributed by atoms with van der Waals surface area (Å²) in [7, 11) is 0. The maximum atomic E-state index is 13.1. The molecule has 0 fully saturated rings.